The molecule has 7 heteroatoms. The first-order chi connectivity index (χ1) is 8.32. The lowest BCUT2D eigenvalue weighted by atomic mass is 10.1. The fourth-order valence-electron chi connectivity index (χ4n) is 1.04. The predicted octanol–water partition coefficient (Wildman–Crippen LogP) is 2.51. The summed E-state index contributed by atoms with van der Waals surface area (Å²) >= 11 is 1.17. The molecule has 0 spiro atoms. The normalized spacial score (nSPS) is 11.1. The Labute approximate surface area is 109 Å². The summed E-state index contributed by atoms with van der Waals surface area (Å²) in [6.45, 7) is 5.54. The van der Waals surface area contributed by atoms with E-state index in [1.807, 2.05) is 20.8 Å². The van der Waals surface area contributed by atoms with E-state index in [0.29, 0.717) is 17.2 Å². The Morgan fingerprint density at radius 3 is 2.78 bits per heavy atom. The average molecular weight is 272 g/mol. The maximum atomic E-state index is 11.5. The van der Waals surface area contributed by atoms with E-state index in [0.717, 1.165) is 0 Å². The van der Waals surface area contributed by atoms with Gasteiger partial charge >= 0.3 is 12.1 Å². The Morgan fingerprint density at radius 2 is 2.22 bits per heavy atom. The molecule has 1 heterocycles. The number of ether oxygens (including phenoxy) is 1. The van der Waals surface area contributed by atoms with Crippen molar-refractivity contribution in [2.45, 2.75) is 39.2 Å². The first kappa shape index (κ1) is 14.4. The van der Waals surface area contributed by atoms with Crippen LogP contribution in [0.25, 0.3) is 0 Å². The molecule has 1 aromatic rings. The summed E-state index contributed by atoms with van der Waals surface area (Å²) in [6, 6.07) is 0. The van der Waals surface area contributed by atoms with Gasteiger partial charge in [0.25, 0.3) is 0 Å². The predicted molar refractivity (Wildman–Crippen MR) is 67.9 cm³/mol. The molecule has 2 N–H and O–H groups in total. The summed E-state index contributed by atoms with van der Waals surface area (Å²) in [4.78, 5) is 26.0. The zero-order valence-electron chi connectivity index (χ0n) is 10.5. The number of hydrogen-bond acceptors (Lipinski definition) is 5. The van der Waals surface area contributed by atoms with Gasteiger partial charge in [-0.25, -0.2) is 9.78 Å². The van der Waals surface area contributed by atoms with Crippen molar-refractivity contribution in [1.29, 1.82) is 0 Å². The molecular weight excluding hydrogens is 256 g/mol. The maximum Gasteiger partial charge on any atom is 0.413 e. The topological polar surface area (TPSA) is 88.5 Å². The van der Waals surface area contributed by atoms with Gasteiger partial charge in [-0.2, -0.15) is 0 Å². The monoisotopic (exact) mass is 272 g/mol. The number of carboxylic acids is 1. The van der Waals surface area contributed by atoms with Crippen LogP contribution in [0.1, 0.15) is 32.9 Å². The van der Waals surface area contributed by atoms with E-state index in [2.05, 4.69) is 10.3 Å². The van der Waals surface area contributed by atoms with Crippen molar-refractivity contribution < 1.29 is 19.4 Å². The van der Waals surface area contributed by atoms with E-state index < -0.39 is 17.7 Å². The second-order valence-electron chi connectivity index (χ2n) is 4.34. The van der Waals surface area contributed by atoms with Crippen molar-refractivity contribution in [2.75, 3.05) is 5.32 Å². The van der Waals surface area contributed by atoms with E-state index in [-0.39, 0.29) is 6.42 Å². The number of aliphatic carboxylic acids is 1. The smallest absolute Gasteiger partial charge is 0.413 e. The molecule has 0 saturated carbocycles. The third-order valence-electron chi connectivity index (χ3n) is 2.31. The number of hydrogen-bond donors (Lipinski definition) is 2. The maximum absolute atomic E-state index is 11.5. The number of anilines is 1. The highest BCUT2D eigenvalue weighted by atomic mass is 32.1. The summed E-state index contributed by atoms with van der Waals surface area (Å²) in [5.74, 6) is -0.957. The third-order valence-corrected chi connectivity index (χ3v) is 3.12. The summed E-state index contributed by atoms with van der Waals surface area (Å²) in [7, 11) is 0. The molecule has 0 atom stereocenters. The molecule has 100 valence electrons. The van der Waals surface area contributed by atoms with Crippen LogP contribution in [-0.2, 0) is 16.0 Å². The molecule has 0 aliphatic carbocycles. The summed E-state index contributed by atoms with van der Waals surface area (Å²) < 4.78 is 5.18. The number of rotatable bonds is 5. The zero-order chi connectivity index (χ0) is 13.8. The lowest BCUT2D eigenvalue weighted by molar-refractivity contribution is -0.136. The number of nitrogens with one attached hydrogen (secondary N) is 1. The van der Waals surface area contributed by atoms with Gasteiger partial charge in [0.2, 0.25) is 0 Å². The molecule has 0 aliphatic heterocycles. The van der Waals surface area contributed by atoms with Crippen molar-refractivity contribution in [3.8, 4) is 0 Å². The van der Waals surface area contributed by atoms with Crippen molar-refractivity contribution in [2.24, 2.45) is 0 Å². The van der Waals surface area contributed by atoms with Gasteiger partial charge in [0, 0.05) is 5.38 Å². The molecule has 18 heavy (non-hydrogen) atoms. The highest BCUT2D eigenvalue weighted by Gasteiger charge is 2.21. The minimum atomic E-state index is -0.957. The molecule has 0 bridgehead atoms. The number of amides is 1. The van der Waals surface area contributed by atoms with Gasteiger partial charge in [0.15, 0.2) is 5.13 Å². The Bertz CT molecular complexity index is 442. The standard InChI is InChI=1S/C11H16N2O4S/c1-4-11(2,3)17-10(16)13-9-12-7(6-18-9)5-8(14)15/h6H,4-5H2,1-3H3,(H,14,15)(H,12,13,16). The molecule has 1 aromatic heterocycles. The quantitative estimate of drug-likeness (QED) is 0.859. The number of aromatic nitrogens is 1. The molecule has 0 radical (unpaired) electrons. The largest absolute Gasteiger partial charge is 0.481 e. The minimum absolute atomic E-state index is 0.159. The Morgan fingerprint density at radius 1 is 1.56 bits per heavy atom. The van der Waals surface area contributed by atoms with Crippen LogP contribution in [0, 0.1) is 0 Å². The Hall–Kier alpha value is -1.63. The lowest BCUT2D eigenvalue weighted by Crippen LogP contribution is -2.29. The lowest BCUT2D eigenvalue weighted by Gasteiger charge is -2.22. The molecule has 1 rings (SSSR count). The summed E-state index contributed by atoms with van der Waals surface area (Å²) in [6.07, 6.45) is -0.0472. The fourth-order valence-corrected chi connectivity index (χ4v) is 1.73. The highest BCUT2D eigenvalue weighted by molar-refractivity contribution is 7.13. The van der Waals surface area contributed by atoms with Crippen molar-refractivity contribution >= 4 is 28.5 Å². The van der Waals surface area contributed by atoms with Gasteiger partial charge < -0.3 is 9.84 Å². The Balaban J connectivity index is 2.55. The average Bonchev–Trinajstić information content (AvgIpc) is 2.63. The van der Waals surface area contributed by atoms with Gasteiger partial charge in [0.1, 0.15) is 5.60 Å². The van der Waals surface area contributed by atoms with Gasteiger partial charge in [0.05, 0.1) is 12.1 Å². The van der Waals surface area contributed by atoms with Crippen LogP contribution in [0.15, 0.2) is 5.38 Å². The zero-order valence-corrected chi connectivity index (χ0v) is 11.3. The van der Waals surface area contributed by atoms with Gasteiger partial charge in [-0.1, -0.05) is 6.92 Å². The molecule has 0 fully saturated rings. The fraction of sp³-hybridized carbons (Fsp3) is 0.545. The number of nitrogens with zero attached hydrogens (tertiary/aromatic N) is 1. The SMILES string of the molecule is CCC(C)(C)OC(=O)Nc1nc(CC(=O)O)cs1. The molecule has 0 unspecified atom stereocenters. The number of carbonyl (C=O) groups is 2. The highest BCUT2D eigenvalue weighted by Crippen LogP contribution is 2.18. The van der Waals surface area contributed by atoms with Gasteiger partial charge in [-0.3, -0.25) is 10.1 Å². The van der Waals surface area contributed by atoms with Gasteiger partial charge in [-0.05, 0) is 20.3 Å². The molecule has 0 aliphatic rings. The first-order valence-corrected chi connectivity index (χ1v) is 6.36. The van der Waals surface area contributed by atoms with Crippen LogP contribution >= 0.6 is 11.3 Å². The third kappa shape index (κ3) is 4.70. The molecule has 0 saturated heterocycles. The minimum Gasteiger partial charge on any atom is -0.481 e. The summed E-state index contributed by atoms with van der Waals surface area (Å²) in [5, 5.41) is 13.0. The van der Waals surface area contributed by atoms with Crippen molar-refractivity contribution in [3.05, 3.63) is 11.1 Å². The molecular formula is C11H16N2O4S. The number of carbonyl (C=O) groups excluding carboxylic acids is 1. The number of thiazole rings is 1. The van der Waals surface area contributed by atoms with Gasteiger partial charge in [-0.15, -0.1) is 11.3 Å². The van der Waals surface area contributed by atoms with Crippen molar-refractivity contribution in [3.63, 3.8) is 0 Å². The van der Waals surface area contributed by atoms with Crippen LogP contribution in [-0.4, -0.2) is 27.8 Å². The van der Waals surface area contributed by atoms with E-state index >= 15 is 0 Å². The van der Waals surface area contributed by atoms with E-state index in [1.54, 1.807) is 5.38 Å². The van der Waals surface area contributed by atoms with Crippen LogP contribution in [0.3, 0.4) is 0 Å². The molecule has 0 aromatic carbocycles. The molecule has 1 amide bonds. The van der Waals surface area contributed by atoms with E-state index in [4.69, 9.17) is 9.84 Å². The van der Waals surface area contributed by atoms with E-state index in [9.17, 15) is 9.59 Å². The second kappa shape index (κ2) is 5.81. The first-order valence-electron chi connectivity index (χ1n) is 5.48. The number of carboxylic acid groups (broad SMARTS) is 1. The second-order valence-corrected chi connectivity index (χ2v) is 5.20. The van der Waals surface area contributed by atoms with Crippen LogP contribution in [0.4, 0.5) is 9.93 Å². The Kier molecular flexibility index (Phi) is 4.66. The van der Waals surface area contributed by atoms with Crippen LogP contribution < -0.4 is 5.32 Å². The van der Waals surface area contributed by atoms with Crippen molar-refractivity contribution in [1.82, 2.24) is 4.98 Å². The van der Waals surface area contributed by atoms with Crippen LogP contribution in [0.2, 0.25) is 0 Å². The molecule has 6 nitrogen and oxygen atoms in total. The summed E-state index contributed by atoms with van der Waals surface area (Å²) in [5.41, 5.74) is -0.122. The van der Waals surface area contributed by atoms with E-state index in [1.165, 1.54) is 11.3 Å². The van der Waals surface area contributed by atoms with Crippen LogP contribution in [0.5, 0.6) is 0 Å².